The molecule has 1 saturated heterocycles. The monoisotopic (exact) mass is 438 g/mol. The van der Waals surface area contributed by atoms with Crippen molar-refractivity contribution in [2.24, 2.45) is 0 Å². The quantitative estimate of drug-likeness (QED) is 0.544. The van der Waals surface area contributed by atoms with Crippen molar-refractivity contribution in [3.05, 3.63) is 69.4 Å². The van der Waals surface area contributed by atoms with Crippen LogP contribution in [0.25, 0.3) is 6.08 Å². The van der Waals surface area contributed by atoms with Crippen LogP contribution >= 0.6 is 11.8 Å². The molecule has 6 heteroatoms. The van der Waals surface area contributed by atoms with E-state index in [0.29, 0.717) is 5.56 Å². The van der Waals surface area contributed by atoms with Gasteiger partial charge < -0.3 is 4.90 Å². The van der Waals surface area contributed by atoms with E-state index in [1.54, 1.807) is 6.07 Å². The molecule has 0 radical (unpaired) electrons. The van der Waals surface area contributed by atoms with Gasteiger partial charge in [0.25, 0.3) is 11.1 Å². The minimum Gasteiger partial charge on any atom is -0.369 e. The molecular formula is C25H27FN2O2S. The summed E-state index contributed by atoms with van der Waals surface area (Å²) in [5.74, 6) is -0.495. The van der Waals surface area contributed by atoms with E-state index in [1.807, 2.05) is 44.3 Å². The first kappa shape index (κ1) is 21.6. The second-order valence-electron chi connectivity index (χ2n) is 9.16. The van der Waals surface area contributed by atoms with E-state index in [-0.39, 0.29) is 39.9 Å². The smallest absolute Gasteiger partial charge is 0.293 e. The molecule has 2 aliphatic rings. The Kier molecular flexibility index (Phi) is 5.46. The molecule has 2 amide bonds. The first-order valence-electron chi connectivity index (χ1n) is 10.4. The van der Waals surface area contributed by atoms with Gasteiger partial charge in [-0.2, -0.15) is 0 Å². The van der Waals surface area contributed by atoms with E-state index >= 15 is 0 Å². The maximum absolute atomic E-state index is 15.0. The van der Waals surface area contributed by atoms with Crippen molar-refractivity contribution in [2.45, 2.75) is 52.1 Å². The third-order valence-electron chi connectivity index (χ3n) is 6.37. The number of fused-ring (bicyclic) bond motifs is 1. The first-order chi connectivity index (χ1) is 14.6. The van der Waals surface area contributed by atoms with E-state index in [9.17, 15) is 14.0 Å². The lowest BCUT2D eigenvalue weighted by molar-refractivity contribution is -0.123. The Balaban J connectivity index is 1.63. The zero-order valence-electron chi connectivity index (χ0n) is 18.5. The molecule has 0 N–H and O–H groups in total. The van der Waals surface area contributed by atoms with Crippen molar-refractivity contribution in [1.82, 2.24) is 4.90 Å². The fourth-order valence-electron chi connectivity index (χ4n) is 4.37. The lowest BCUT2D eigenvalue weighted by atomic mass is 9.80. The molecule has 1 atom stereocenters. The maximum Gasteiger partial charge on any atom is 0.293 e. The van der Waals surface area contributed by atoms with Gasteiger partial charge in [0.05, 0.1) is 11.4 Å². The zero-order valence-corrected chi connectivity index (χ0v) is 19.3. The van der Waals surface area contributed by atoms with Gasteiger partial charge in [-0.25, -0.2) is 4.39 Å². The zero-order chi connectivity index (χ0) is 22.5. The minimum absolute atomic E-state index is 0.0565. The lowest BCUT2D eigenvalue weighted by Crippen LogP contribution is -2.45. The molecule has 1 fully saturated rings. The summed E-state index contributed by atoms with van der Waals surface area (Å²) in [6.45, 7) is 8.65. The number of aryl methyl sites for hydroxylation is 1. The van der Waals surface area contributed by atoms with Gasteiger partial charge in [-0.05, 0) is 74.2 Å². The highest BCUT2D eigenvalue weighted by atomic mass is 32.2. The van der Waals surface area contributed by atoms with Crippen LogP contribution in [0.3, 0.4) is 0 Å². The fraction of sp³-hybridized carbons (Fsp3) is 0.360. The molecule has 2 aromatic carbocycles. The van der Waals surface area contributed by atoms with Crippen molar-refractivity contribution in [1.29, 1.82) is 0 Å². The maximum atomic E-state index is 15.0. The first-order valence-corrected chi connectivity index (χ1v) is 11.3. The minimum atomic E-state index is -0.388. The molecule has 0 aliphatic carbocycles. The Morgan fingerprint density at radius 1 is 1.19 bits per heavy atom. The highest BCUT2D eigenvalue weighted by Gasteiger charge is 2.37. The van der Waals surface area contributed by atoms with E-state index in [4.69, 9.17) is 0 Å². The van der Waals surface area contributed by atoms with Gasteiger partial charge in [0.2, 0.25) is 0 Å². The molecule has 1 unspecified atom stereocenters. The number of carbonyl (C=O) groups is 2. The summed E-state index contributed by atoms with van der Waals surface area (Å²) in [7, 11) is 1.99. The van der Waals surface area contributed by atoms with Crippen molar-refractivity contribution >= 4 is 34.7 Å². The Bertz CT molecular complexity index is 1090. The van der Waals surface area contributed by atoms with E-state index in [1.165, 1.54) is 11.0 Å². The fourth-order valence-corrected chi connectivity index (χ4v) is 5.20. The highest BCUT2D eigenvalue weighted by Crippen LogP contribution is 2.44. The number of anilines is 1. The van der Waals surface area contributed by atoms with Crippen LogP contribution in [0.15, 0.2) is 41.3 Å². The van der Waals surface area contributed by atoms with Gasteiger partial charge in [0, 0.05) is 23.8 Å². The Labute approximate surface area is 187 Å². The van der Waals surface area contributed by atoms with Crippen molar-refractivity contribution in [3.63, 3.8) is 0 Å². The number of carbonyl (C=O) groups excluding carboxylic acids is 2. The van der Waals surface area contributed by atoms with Crippen LogP contribution in [-0.4, -0.2) is 28.6 Å². The predicted molar refractivity (Wildman–Crippen MR) is 125 cm³/mol. The van der Waals surface area contributed by atoms with Crippen LogP contribution in [-0.2, 0) is 11.3 Å². The topological polar surface area (TPSA) is 40.6 Å². The van der Waals surface area contributed by atoms with Crippen LogP contribution in [0.4, 0.5) is 14.9 Å². The van der Waals surface area contributed by atoms with Crippen LogP contribution in [0.1, 0.15) is 55.4 Å². The summed E-state index contributed by atoms with van der Waals surface area (Å²) in [6, 6.07) is 11.1. The number of imide groups is 1. The van der Waals surface area contributed by atoms with E-state index in [2.05, 4.69) is 25.7 Å². The van der Waals surface area contributed by atoms with Gasteiger partial charge in [-0.3, -0.25) is 14.5 Å². The summed E-state index contributed by atoms with van der Waals surface area (Å²) in [6.07, 6.45) is 2.47. The highest BCUT2D eigenvalue weighted by molar-refractivity contribution is 8.18. The van der Waals surface area contributed by atoms with E-state index in [0.717, 1.165) is 40.6 Å². The number of thioether (sulfide) groups is 1. The number of halogens is 1. The standard InChI is InChI=1S/C25H27FN2O2S/c1-15-6-8-17(9-7-15)14-28-23(29)22(31-24(28)30)11-18-10-19-16(2)13-25(3,4)27(5)21(19)12-20(18)26/h6-12,16H,13-14H2,1-5H3/b22-11+. The Hall–Kier alpha value is -2.60. The normalized spacial score (nSPS) is 21.7. The summed E-state index contributed by atoms with van der Waals surface area (Å²) in [5, 5.41) is -0.329. The average molecular weight is 439 g/mol. The number of amides is 2. The van der Waals surface area contributed by atoms with Gasteiger partial charge in [-0.15, -0.1) is 0 Å². The van der Waals surface area contributed by atoms with Crippen LogP contribution in [0.2, 0.25) is 0 Å². The van der Waals surface area contributed by atoms with Gasteiger partial charge in [0.15, 0.2) is 0 Å². The summed E-state index contributed by atoms with van der Waals surface area (Å²) < 4.78 is 15.0. The van der Waals surface area contributed by atoms with Crippen LogP contribution in [0.5, 0.6) is 0 Å². The summed E-state index contributed by atoms with van der Waals surface area (Å²) in [5.41, 5.74) is 4.23. The molecule has 162 valence electrons. The van der Waals surface area contributed by atoms with Crippen LogP contribution < -0.4 is 4.90 Å². The Morgan fingerprint density at radius 3 is 2.55 bits per heavy atom. The molecule has 0 bridgehead atoms. The molecule has 0 spiro atoms. The molecule has 2 aromatic rings. The number of rotatable bonds is 3. The van der Waals surface area contributed by atoms with Crippen molar-refractivity contribution in [2.75, 3.05) is 11.9 Å². The van der Waals surface area contributed by atoms with Crippen LogP contribution in [0, 0.1) is 12.7 Å². The molecule has 4 nitrogen and oxygen atoms in total. The number of hydrogen-bond acceptors (Lipinski definition) is 4. The summed E-state index contributed by atoms with van der Waals surface area (Å²) >= 11 is 0.868. The number of hydrogen-bond donors (Lipinski definition) is 0. The van der Waals surface area contributed by atoms with Gasteiger partial charge >= 0.3 is 0 Å². The SMILES string of the molecule is Cc1ccc(CN2C(=O)S/C(=C/c3cc4c(cc3F)N(C)C(C)(C)CC4C)C2=O)cc1. The average Bonchev–Trinajstić information content (AvgIpc) is 2.96. The van der Waals surface area contributed by atoms with Crippen molar-refractivity contribution < 1.29 is 14.0 Å². The van der Waals surface area contributed by atoms with E-state index < -0.39 is 0 Å². The largest absolute Gasteiger partial charge is 0.369 e. The van der Waals surface area contributed by atoms with Crippen molar-refractivity contribution in [3.8, 4) is 0 Å². The molecule has 0 aromatic heterocycles. The lowest BCUT2D eigenvalue weighted by Gasteiger charge is -2.45. The Morgan fingerprint density at radius 2 is 1.87 bits per heavy atom. The third kappa shape index (κ3) is 4.01. The molecule has 31 heavy (non-hydrogen) atoms. The van der Waals surface area contributed by atoms with Gasteiger partial charge in [0.1, 0.15) is 5.82 Å². The molecule has 4 rings (SSSR count). The second-order valence-corrected chi connectivity index (χ2v) is 10.2. The predicted octanol–water partition coefficient (Wildman–Crippen LogP) is 6.09. The number of benzene rings is 2. The molecule has 2 heterocycles. The molecule has 2 aliphatic heterocycles. The third-order valence-corrected chi connectivity index (χ3v) is 7.28. The molecule has 0 saturated carbocycles. The second kappa shape index (κ2) is 7.83. The summed E-state index contributed by atoms with van der Waals surface area (Å²) in [4.78, 5) is 28.9. The molecular weight excluding hydrogens is 411 g/mol. The van der Waals surface area contributed by atoms with Gasteiger partial charge in [-0.1, -0.05) is 36.8 Å². The number of nitrogens with zero attached hydrogens (tertiary/aromatic N) is 2.